The molecule has 5 aromatic rings. The van der Waals surface area contributed by atoms with Crippen molar-refractivity contribution in [2.24, 2.45) is 4.99 Å². The van der Waals surface area contributed by atoms with Gasteiger partial charge in [0.25, 0.3) is 5.91 Å². The van der Waals surface area contributed by atoms with E-state index in [4.69, 9.17) is 28.0 Å². The second kappa shape index (κ2) is 11.5. The van der Waals surface area contributed by atoms with Gasteiger partial charge in [0.15, 0.2) is 11.5 Å². The smallest absolute Gasteiger partial charge is 0.255 e. The third-order valence-electron chi connectivity index (χ3n) is 7.22. The Morgan fingerprint density at radius 2 is 1.83 bits per heavy atom. The molecule has 0 unspecified atom stereocenters. The first-order valence-electron chi connectivity index (χ1n) is 13.4. The number of rotatable bonds is 8. The van der Waals surface area contributed by atoms with Gasteiger partial charge in [0.2, 0.25) is 0 Å². The van der Waals surface area contributed by atoms with Crippen LogP contribution < -0.4 is 24.9 Å². The number of hydrogen-bond donors (Lipinski definition) is 1. The van der Waals surface area contributed by atoms with Crippen LogP contribution in [0.4, 0.5) is 5.00 Å². The monoisotopic (exact) mass is 570 g/mol. The highest BCUT2D eigenvalue weighted by Crippen LogP contribution is 2.40. The fraction of sp³-hybridized carbons (Fsp3) is 0.250. The van der Waals surface area contributed by atoms with E-state index in [-0.39, 0.29) is 5.91 Å². The lowest BCUT2D eigenvalue weighted by molar-refractivity contribution is 0.0948. The van der Waals surface area contributed by atoms with Gasteiger partial charge in [-0.25, -0.2) is 4.99 Å². The number of nitrogens with zero attached hydrogens (tertiary/aromatic N) is 1. The zero-order chi connectivity index (χ0) is 28.3. The highest BCUT2D eigenvalue weighted by atomic mass is 32.1. The maximum atomic E-state index is 13.6. The van der Waals surface area contributed by atoms with Gasteiger partial charge in [-0.15, -0.1) is 11.3 Å². The Hall–Kier alpha value is -4.50. The van der Waals surface area contributed by atoms with Crippen molar-refractivity contribution in [1.82, 2.24) is 5.32 Å². The summed E-state index contributed by atoms with van der Waals surface area (Å²) in [6.07, 6.45) is 5.57. The third-order valence-corrected chi connectivity index (χ3v) is 8.41. The molecule has 0 atom stereocenters. The molecular formula is C32H30N2O6S. The summed E-state index contributed by atoms with van der Waals surface area (Å²) in [5.74, 6) is 3.05. The molecule has 1 amide bonds. The molecule has 0 radical (unpaired) electrons. The fourth-order valence-electron chi connectivity index (χ4n) is 5.14. The predicted molar refractivity (Wildman–Crippen MR) is 157 cm³/mol. The summed E-state index contributed by atoms with van der Waals surface area (Å²) in [7, 11) is 4.83. The highest BCUT2D eigenvalue weighted by Gasteiger charge is 2.25. The molecule has 41 heavy (non-hydrogen) atoms. The zero-order valence-electron chi connectivity index (χ0n) is 23.1. The predicted octanol–water partition coefficient (Wildman–Crippen LogP) is 6.82. The van der Waals surface area contributed by atoms with E-state index in [9.17, 15) is 4.79 Å². The Morgan fingerprint density at radius 3 is 2.61 bits per heavy atom. The summed E-state index contributed by atoms with van der Waals surface area (Å²) >= 11 is 1.59. The van der Waals surface area contributed by atoms with Crippen molar-refractivity contribution >= 4 is 33.2 Å². The molecule has 0 bridgehead atoms. The summed E-state index contributed by atoms with van der Waals surface area (Å²) in [6, 6.07) is 16.8. The molecule has 2 aromatic carbocycles. The third kappa shape index (κ3) is 5.32. The summed E-state index contributed by atoms with van der Waals surface area (Å²) in [5, 5.41) is 5.17. The number of aryl methyl sites for hydroxylation is 1. The summed E-state index contributed by atoms with van der Waals surface area (Å²) in [6.45, 7) is 0.309. The van der Waals surface area contributed by atoms with Gasteiger partial charge in [-0.2, -0.15) is 0 Å². The van der Waals surface area contributed by atoms with Crippen molar-refractivity contribution in [2.75, 3.05) is 21.3 Å². The second-order valence-electron chi connectivity index (χ2n) is 9.69. The van der Waals surface area contributed by atoms with Gasteiger partial charge in [0.05, 0.1) is 45.1 Å². The van der Waals surface area contributed by atoms with Gasteiger partial charge >= 0.3 is 0 Å². The standard InChI is InChI=1S/C32H30N2O6S/c1-36-20-11-13-25-23(16-20)24(17-27(40-25)19-10-12-26(37-2)28(15-19)38-3)34-32-30(22-8-4-5-9-29(22)41-32)31(35)33-18-21-7-6-14-39-21/h6-7,10-17H,4-5,8-9,18H2,1-3H3,(H,33,35)/b34-24+. The van der Waals surface area contributed by atoms with Crippen LogP contribution in [-0.2, 0) is 19.4 Å². The van der Waals surface area contributed by atoms with Crippen LogP contribution >= 0.6 is 11.3 Å². The molecular weight excluding hydrogens is 540 g/mol. The largest absolute Gasteiger partial charge is 0.497 e. The topological polar surface area (TPSA) is 95.4 Å². The molecule has 3 heterocycles. The van der Waals surface area contributed by atoms with Gasteiger partial charge in [-0.05, 0) is 79.8 Å². The first-order valence-corrected chi connectivity index (χ1v) is 14.2. The number of thiophene rings is 1. The van der Waals surface area contributed by atoms with E-state index >= 15 is 0 Å². The number of fused-ring (bicyclic) bond motifs is 2. The molecule has 210 valence electrons. The van der Waals surface area contributed by atoms with Gasteiger partial charge < -0.3 is 28.4 Å². The van der Waals surface area contributed by atoms with Gasteiger partial charge in [0.1, 0.15) is 27.9 Å². The molecule has 1 aliphatic rings. The fourth-order valence-corrected chi connectivity index (χ4v) is 6.41. The van der Waals surface area contributed by atoms with E-state index in [1.54, 1.807) is 38.9 Å². The number of ether oxygens (including phenoxy) is 3. The minimum Gasteiger partial charge on any atom is -0.497 e. The summed E-state index contributed by atoms with van der Waals surface area (Å²) < 4.78 is 28.2. The van der Waals surface area contributed by atoms with Crippen molar-refractivity contribution in [1.29, 1.82) is 0 Å². The number of carbonyl (C=O) groups excluding carboxylic acids is 1. The zero-order valence-corrected chi connectivity index (χ0v) is 23.9. The molecule has 0 spiro atoms. The Kier molecular flexibility index (Phi) is 7.52. The Balaban J connectivity index is 1.52. The number of benzene rings is 2. The van der Waals surface area contributed by atoms with Crippen LogP contribution in [0.15, 0.2) is 74.7 Å². The lowest BCUT2D eigenvalue weighted by Crippen LogP contribution is -2.24. The molecule has 0 saturated carbocycles. The average Bonchev–Trinajstić information content (AvgIpc) is 3.67. The van der Waals surface area contributed by atoms with E-state index in [1.165, 1.54) is 4.88 Å². The highest BCUT2D eigenvalue weighted by molar-refractivity contribution is 7.16. The van der Waals surface area contributed by atoms with Crippen LogP contribution in [0, 0.1) is 0 Å². The van der Waals surface area contributed by atoms with Crippen LogP contribution in [-0.4, -0.2) is 27.2 Å². The molecule has 9 heteroatoms. The number of hydrogen-bond acceptors (Lipinski definition) is 8. The molecule has 1 aliphatic carbocycles. The number of methoxy groups -OCH3 is 3. The van der Waals surface area contributed by atoms with Crippen molar-refractivity contribution in [2.45, 2.75) is 32.2 Å². The van der Waals surface area contributed by atoms with Gasteiger partial charge in [-0.3, -0.25) is 4.79 Å². The van der Waals surface area contributed by atoms with E-state index in [0.29, 0.717) is 56.8 Å². The molecule has 0 saturated heterocycles. The maximum Gasteiger partial charge on any atom is 0.255 e. The summed E-state index contributed by atoms with van der Waals surface area (Å²) in [4.78, 5) is 20.0. The number of amides is 1. The van der Waals surface area contributed by atoms with E-state index in [2.05, 4.69) is 5.32 Å². The maximum absolute atomic E-state index is 13.6. The first-order chi connectivity index (χ1) is 20.1. The lowest BCUT2D eigenvalue weighted by Gasteiger charge is -2.12. The van der Waals surface area contributed by atoms with Crippen molar-refractivity contribution in [3.8, 4) is 28.6 Å². The minimum absolute atomic E-state index is 0.151. The number of furan rings is 1. The van der Waals surface area contributed by atoms with Gasteiger partial charge in [-0.1, -0.05) is 0 Å². The Bertz CT molecular complexity index is 1780. The number of carbonyl (C=O) groups is 1. The normalized spacial score (nSPS) is 13.2. The van der Waals surface area contributed by atoms with E-state index < -0.39 is 0 Å². The SMILES string of the molecule is COc1ccc2oc(-c3ccc(OC)c(OC)c3)c/c(=N\c3sc4c(c3C(=O)NCc3ccco3)CCCC4)c2c1. The molecule has 3 aromatic heterocycles. The molecule has 0 fully saturated rings. The Morgan fingerprint density at radius 1 is 0.976 bits per heavy atom. The van der Waals surface area contributed by atoms with E-state index in [1.807, 2.05) is 54.6 Å². The van der Waals surface area contributed by atoms with E-state index in [0.717, 1.165) is 42.2 Å². The van der Waals surface area contributed by atoms with Crippen LogP contribution in [0.1, 0.15) is 39.4 Å². The molecule has 0 aliphatic heterocycles. The van der Waals surface area contributed by atoms with Crippen molar-refractivity contribution < 1.29 is 27.8 Å². The Labute approximate surface area is 241 Å². The van der Waals surface area contributed by atoms with Crippen LogP contribution in [0.25, 0.3) is 22.3 Å². The van der Waals surface area contributed by atoms with Gasteiger partial charge in [0, 0.05) is 21.9 Å². The molecule has 1 N–H and O–H groups in total. The van der Waals surface area contributed by atoms with Crippen molar-refractivity contribution in [3.63, 3.8) is 0 Å². The summed E-state index contributed by atoms with van der Waals surface area (Å²) in [5.41, 5.74) is 3.18. The molecule has 8 nitrogen and oxygen atoms in total. The second-order valence-corrected chi connectivity index (χ2v) is 10.8. The average molecular weight is 571 g/mol. The van der Waals surface area contributed by atoms with Crippen LogP contribution in [0.2, 0.25) is 0 Å². The first kappa shape index (κ1) is 26.7. The number of nitrogens with one attached hydrogen (secondary N) is 1. The van der Waals surface area contributed by atoms with Crippen LogP contribution in [0.3, 0.4) is 0 Å². The lowest BCUT2D eigenvalue weighted by atomic mass is 9.95. The quantitative estimate of drug-likeness (QED) is 0.220. The molecule has 6 rings (SSSR count). The van der Waals surface area contributed by atoms with Crippen LogP contribution in [0.5, 0.6) is 17.2 Å². The van der Waals surface area contributed by atoms with Crippen molar-refractivity contribution in [3.05, 3.63) is 88.0 Å². The minimum atomic E-state index is -0.151.